The second-order valence-corrected chi connectivity index (χ2v) is 4.41. The van der Waals surface area contributed by atoms with Gasteiger partial charge in [-0.2, -0.15) is 0 Å². The van der Waals surface area contributed by atoms with Crippen molar-refractivity contribution in [2.45, 2.75) is 17.7 Å². The minimum absolute atomic E-state index is 0.183. The third-order valence-electron chi connectivity index (χ3n) is 1.73. The lowest BCUT2D eigenvalue weighted by molar-refractivity contribution is 0.448. The Morgan fingerprint density at radius 3 is 2.71 bits per heavy atom. The van der Waals surface area contributed by atoms with Crippen molar-refractivity contribution >= 4 is 23.4 Å². The average molecular weight is 233 g/mol. The van der Waals surface area contributed by atoms with Crippen molar-refractivity contribution in [1.82, 2.24) is 0 Å². The lowest BCUT2D eigenvalue weighted by atomic mass is 10.3. The molecule has 0 atom stereocenters. The first-order valence-corrected chi connectivity index (χ1v) is 5.97. The number of benzene rings is 1. The Bertz CT molecular complexity index is 291. The summed E-state index contributed by atoms with van der Waals surface area (Å²) in [6.07, 6.45) is 2.00. The lowest BCUT2D eigenvalue weighted by Gasteiger charge is -2.04. The Labute approximate surface area is 92.9 Å². The van der Waals surface area contributed by atoms with Crippen molar-refractivity contribution in [3.8, 4) is 11.5 Å². The molecule has 0 aliphatic heterocycles. The summed E-state index contributed by atoms with van der Waals surface area (Å²) < 4.78 is 0. The van der Waals surface area contributed by atoms with Gasteiger partial charge in [0.15, 0.2) is 0 Å². The summed E-state index contributed by atoms with van der Waals surface area (Å²) in [7, 11) is 0. The molecule has 2 N–H and O–H groups in total. The highest BCUT2D eigenvalue weighted by molar-refractivity contribution is 7.99. The van der Waals surface area contributed by atoms with Gasteiger partial charge in [0.1, 0.15) is 11.5 Å². The van der Waals surface area contributed by atoms with Gasteiger partial charge in [0.05, 0.1) is 4.90 Å². The minimum atomic E-state index is 0.183. The predicted molar refractivity (Wildman–Crippen MR) is 60.4 cm³/mol. The normalized spacial score (nSPS) is 10.4. The van der Waals surface area contributed by atoms with Gasteiger partial charge in [-0.15, -0.1) is 23.4 Å². The summed E-state index contributed by atoms with van der Waals surface area (Å²) in [6.45, 7) is 0. The molecule has 0 saturated carbocycles. The summed E-state index contributed by atoms with van der Waals surface area (Å²) in [5, 5.41) is 18.6. The molecule has 0 spiro atoms. The lowest BCUT2D eigenvalue weighted by Crippen LogP contribution is -1.82. The predicted octanol–water partition coefficient (Wildman–Crippen LogP) is 3.21. The van der Waals surface area contributed by atoms with Gasteiger partial charge in [0.25, 0.3) is 0 Å². The molecule has 0 heterocycles. The van der Waals surface area contributed by atoms with Gasteiger partial charge >= 0.3 is 0 Å². The summed E-state index contributed by atoms with van der Waals surface area (Å²) >= 11 is 7.07. The Morgan fingerprint density at radius 2 is 2.00 bits per heavy atom. The molecule has 2 nitrogen and oxygen atoms in total. The maximum atomic E-state index is 9.43. The summed E-state index contributed by atoms with van der Waals surface area (Å²) in [5.74, 6) is 1.98. The molecule has 0 amide bonds. The zero-order chi connectivity index (χ0) is 10.4. The summed E-state index contributed by atoms with van der Waals surface area (Å²) in [6, 6.07) is 4.54. The van der Waals surface area contributed by atoms with Gasteiger partial charge in [-0.1, -0.05) is 0 Å². The molecule has 1 aromatic carbocycles. The van der Waals surface area contributed by atoms with Gasteiger partial charge in [0, 0.05) is 5.88 Å². The van der Waals surface area contributed by atoms with Gasteiger partial charge in [-0.25, -0.2) is 0 Å². The van der Waals surface area contributed by atoms with E-state index in [2.05, 4.69) is 0 Å². The quantitative estimate of drug-likeness (QED) is 0.355. The van der Waals surface area contributed by atoms with E-state index in [0.29, 0.717) is 5.88 Å². The van der Waals surface area contributed by atoms with Crippen LogP contribution < -0.4 is 0 Å². The zero-order valence-corrected chi connectivity index (χ0v) is 9.31. The van der Waals surface area contributed by atoms with E-state index >= 15 is 0 Å². The van der Waals surface area contributed by atoms with E-state index in [-0.39, 0.29) is 11.5 Å². The molecule has 0 aromatic heterocycles. The first kappa shape index (κ1) is 11.5. The number of alkyl halides is 1. The third-order valence-corrected chi connectivity index (χ3v) is 3.13. The average Bonchev–Trinajstić information content (AvgIpc) is 2.18. The highest BCUT2D eigenvalue weighted by Gasteiger charge is 2.02. The van der Waals surface area contributed by atoms with Crippen molar-refractivity contribution in [2.24, 2.45) is 0 Å². The fourth-order valence-electron chi connectivity index (χ4n) is 0.997. The molecule has 0 radical (unpaired) electrons. The maximum Gasteiger partial charge on any atom is 0.129 e. The Morgan fingerprint density at radius 1 is 1.21 bits per heavy atom. The van der Waals surface area contributed by atoms with E-state index in [4.69, 9.17) is 11.6 Å². The molecule has 1 aromatic rings. The number of hydrogen-bond acceptors (Lipinski definition) is 3. The molecule has 0 bridgehead atoms. The maximum absolute atomic E-state index is 9.43. The van der Waals surface area contributed by atoms with E-state index in [1.54, 1.807) is 6.07 Å². The number of phenolic OH excluding ortho intramolecular Hbond substituents is 2. The Hall–Kier alpha value is -0.540. The number of thioether (sulfide) groups is 1. The standard InChI is InChI=1S/C10H13ClO2S/c11-5-1-2-6-14-10-7-8(12)3-4-9(10)13/h3-4,7,12-13H,1-2,5-6H2. The van der Waals surface area contributed by atoms with E-state index in [1.807, 2.05) is 0 Å². The van der Waals surface area contributed by atoms with Crippen LogP contribution in [0.2, 0.25) is 0 Å². The van der Waals surface area contributed by atoms with Gasteiger partial charge in [-0.05, 0) is 36.8 Å². The minimum Gasteiger partial charge on any atom is -0.508 e. The van der Waals surface area contributed by atoms with E-state index < -0.39 is 0 Å². The van der Waals surface area contributed by atoms with Crippen LogP contribution in [0.15, 0.2) is 23.1 Å². The second kappa shape index (κ2) is 6.04. The van der Waals surface area contributed by atoms with Crippen molar-refractivity contribution in [1.29, 1.82) is 0 Å². The first-order valence-electron chi connectivity index (χ1n) is 4.45. The highest BCUT2D eigenvalue weighted by Crippen LogP contribution is 2.31. The second-order valence-electron chi connectivity index (χ2n) is 2.90. The molecular formula is C10H13ClO2S. The molecule has 14 heavy (non-hydrogen) atoms. The molecule has 0 saturated heterocycles. The molecule has 78 valence electrons. The first-order chi connectivity index (χ1) is 6.74. The molecule has 1 rings (SSSR count). The summed E-state index contributed by atoms with van der Waals surface area (Å²) in [4.78, 5) is 0.722. The molecule has 4 heteroatoms. The SMILES string of the molecule is Oc1ccc(O)c(SCCCCCl)c1. The molecule has 0 aliphatic carbocycles. The van der Waals surface area contributed by atoms with Gasteiger partial charge < -0.3 is 10.2 Å². The van der Waals surface area contributed by atoms with Crippen LogP contribution >= 0.6 is 23.4 Å². The highest BCUT2D eigenvalue weighted by atomic mass is 35.5. The Balaban J connectivity index is 2.45. The number of phenols is 2. The van der Waals surface area contributed by atoms with Crippen molar-refractivity contribution in [3.63, 3.8) is 0 Å². The molecule has 0 aliphatic rings. The number of aromatic hydroxyl groups is 2. The Kier molecular flexibility index (Phi) is 4.98. The monoisotopic (exact) mass is 232 g/mol. The molecule has 0 fully saturated rings. The van der Waals surface area contributed by atoms with Crippen LogP contribution in [0.25, 0.3) is 0 Å². The third kappa shape index (κ3) is 3.68. The number of rotatable bonds is 5. The van der Waals surface area contributed by atoms with Crippen LogP contribution in [0.4, 0.5) is 0 Å². The summed E-state index contributed by atoms with van der Waals surface area (Å²) in [5.41, 5.74) is 0. The van der Waals surface area contributed by atoms with Gasteiger partial charge in [0.2, 0.25) is 0 Å². The number of halogens is 1. The zero-order valence-electron chi connectivity index (χ0n) is 7.74. The molecular weight excluding hydrogens is 220 g/mol. The van der Waals surface area contributed by atoms with Crippen LogP contribution in [-0.2, 0) is 0 Å². The number of unbranched alkanes of at least 4 members (excludes halogenated alkanes) is 1. The van der Waals surface area contributed by atoms with Crippen LogP contribution in [0.5, 0.6) is 11.5 Å². The van der Waals surface area contributed by atoms with Crippen LogP contribution in [0, 0.1) is 0 Å². The van der Waals surface area contributed by atoms with Gasteiger partial charge in [-0.3, -0.25) is 0 Å². The van der Waals surface area contributed by atoms with Crippen molar-refractivity contribution < 1.29 is 10.2 Å². The topological polar surface area (TPSA) is 40.5 Å². The largest absolute Gasteiger partial charge is 0.508 e. The van der Waals surface area contributed by atoms with E-state index in [0.717, 1.165) is 23.5 Å². The van der Waals surface area contributed by atoms with E-state index in [1.165, 1.54) is 23.9 Å². The van der Waals surface area contributed by atoms with Crippen LogP contribution in [0.3, 0.4) is 0 Å². The van der Waals surface area contributed by atoms with Crippen LogP contribution in [-0.4, -0.2) is 21.8 Å². The van der Waals surface area contributed by atoms with E-state index in [9.17, 15) is 10.2 Å². The fraction of sp³-hybridized carbons (Fsp3) is 0.400. The van der Waals surface area contributed by atoms with Crippen LogP contribution in [0.1, 0.15) is 12.8 Å². The van der Waals surface area contributed by atoms with Crippen molar-refractivity contribution in [2.75, 3.05) is 11.6 Å². The number of hydrogen-bond donors (Lipinski definition) is 2. The molecule has 0 unspecified atom stereocenters. The fourth-order valence-corrected chi connectivity index (χ4v) is 2.17. The van der Waals surface area contributed by atoms with Crippen molar-refractivity contribution in [3.05, 3.63) is 18.2 Å². The smallest absolute Gasteiger partial charge is 0.129 e.